The number of nitrogens with one attached hydrogen (secondary N) is 1. The first-order valence-electron chi connectivity index (χ1n) is 5.98. The summed E-state index contributed by atoms with van der Waals surface area (Å²) in [6.45, 7) is 2.33. The molecule has 5 heteroatoms. The topological polar surface area (TPSA) is 51.2 Å². The first-order chi connectivity index (χ1) is 9.11. The van der Waals surface area contributed by atoms with Crippen LogP contribution in [-0.4, -0.2) is 30.6 Å². The minimum Gasteiger partial charge on any atom is -0.380 e. The highest BCUT2D eigenvalue weighted by Gasteiger charge is 2.12. The lowest BCUT2D eigenvalue weighted by atomic mass is 10.1. The van der Waals surface area contributed by atoms with E-state index in [2.05, 4.69) is 10.3 Å². The van der Waals surface area contributed by atoms with Crippen LogP contribution in [0.2, 0.25) is 5.15 Å². The van der Waals surface area contributed by atoms with Gasteiger partial charge in [-0.1, -0.05) is 29.8 Å². The van der Waals surface area contributed by atoms with Crippen molar-refractivity contribution < 1.29 is 9.53 Å². The molecule has 0 saturated heterocycles. The number of carbonyl (C=O) groups excluding carboxylic acids is 1. The Labute approximate surface area is 116 Å². The molecule has 1 amide bonds. The molecule has 0 saturated carbocycles. The maximum atomic E-state index is 12.2. The van der Waals surface area contributed by atoms with Crippen LogP contribution in [0.15, 0.2) is 30.3 Å². The van der Waals surface area contributed by atoms with Gasteiger partial charge >= 0.3 is 0 Å². The van der Waals surface area contributed by atoms with Gasteiger partial charge in [0.15, 0.2) is 0 Å². The van der Waals surface area contributed by atoms with Gasteiger partial charge in [0.2, 0.25) is 0 Å². The van der Waals surface area contributed by atoms with Crippen LogP contribution in [0.25, 0.3) is 10.9 Å². The fourth-order valence-electron chi connectivity index (χ4n) is 1.75. The number of nitrogens with zero attached hydrogens (tertiary/aromatic N) is 1. The number of para-hydroxylation sites is 1. The summed E-state index contributed by atoms with van der Waals surface area (Å²) < 4.78 is 5.09. The second-order valence-electron chi connectivity index (χ2n) is 4.27. The van der Waals surface area contributed by atoms with Gasteiger partial charge in [-0.25, -0.2) is 4.98 Å². The van der Waals surface area contributed by atoms with E-state index >= 15 is 0 Å². The van der Waals surface area contributed by atoms with Gasteiger partial charge in [-0.2, -0.15) is 0 Å². The van der Waals surface area contributed by atoms with E-state index in [1.807, 2.05) is 31.2 Å². The van der Waals surface area contributed by atoms with E-state index < -0.39 is 0 Å². The molecule has 2 aromatic rings. The Kier molecular flexibility index (Phi) is 4.35. The van der Waals surface area contributed by atoms with Crippen LogP contribution in [0.4, 0.5) is 0 Å². The van der Waals surface area contributed by atoms with E-state index in [0.29, 0.717) is 22.8 Å². The van der Waals surface area contributed by atoms with Gasteiger partial charge in [0.25, 0.3) is 5.91 Å². The average molecular weight is 279 g/mol. The zero-order chi connectivity index (χ0) is 13.8. The van der Waals surface area contributed by atoms with E-state index in [-0.39, 0.29) is 12.0 Å². The van der Waals surface area contributed by atoms with E-state index in [1.165, 1.54) is 0 Å². The van der Waals surface area contributed by atoms with Crippen molar-refractivity contribution in [2.75, 3.05) is 13.7 Å². The summed E-state index contributed by atoms with van der Waals surface area (Å²) in [4.78, 5) is 16.4. The summed E-state index contributed by atoms with van der Waals surface area (Å²) in [5.41, 5.74) is 1.24. The number of pyridine rings is 1. The highest BCUT2D eigenvalue weighted by Crippen LogP contribution is 2.20. The molecule has 1 atom stereocenters. The Hall–Kier alpha value is -1.65. The number of halogens is 1. The lowest BCUT2D eigenvalue weighted by molar-refractivity contribution is 0.0872. The van der Waals surface area contributed by atoms with Crippen molar-refractivity contribution >= 4 is 28.4 Å². The van der Waals surface area contributed by atoms with Crippen molar-refractivity contribution in [1.82, 2.24) is 10.3 Å². The first-order valence-corrected chi connectivity index (χ1v) is 6.36. The zero-order valence-corrected chi connectivity index (χ0v) is 11.6. The van der Waals surface area contributed by atoms with E-state index in [9.17, 15) is 4.79 Å². The molecule has 1 aromatic carbocycles. The molecule has 0 fully saturated rings. The molecule has 1 unspecified atom stereocenters. The third-order valence-corrected chi connectivity index (χ3v) is 3.08. The summed E-state index contributed by atoms with van der Waals surface area (Å²) in [6, 6.07) is 8.99. The van der Waals surface area contributed by atoms with Crippen molar-refractivity contribution in [2.45, 2.75) is 13.0 Å². The van der Waals surface area contributed by atoms with Gasteiger partial charge in [-0.05, 0) is 19.1 Å². The molecule has 0 aliphatic heterocycles. The number of ether oxygens (including phenoxy) is 1. The fourth-order valence-corrected chi connectivity index (χ4v) is 1.95. The first kappa shape index (κ1) is 13.8. The van der Waals surface area contributed by atoms with E-state index in [0.717, 1.165) is 5.39 Å². The summed E-state index contributed by atoms with van der Waals surface area (Å²) in [5.74, 6) is -0.176. The van der Waals surface area contributed by atoms with Crippen LogP contribution in [0.1, 0.15) is 17.3 Å². The number of hydrogen-bond acceptors (Lipinski definition) is 3. The molecule has 100 valence electrons. The summed E-state index contributed by atoms with van der Waals surface area (Å²) >= 11 is 5.94. The number of aromatic nitrogens is 1. The Morgan fingerprint density at radius 2 is 2.21 bits per heavy atom. The average Bonchev–Trinajstić information content (AvgIpc) is 2.43. The molecule has 0 aliphatic carbocycles. The summed E-state index contributed by atoms with van der Waals surface area (Å²) in [5, 5.41) is 3.91. The molecule has 0 radical (unpaired) electrons. The lowest BCUT2D eigenvalue weighted by Crippen LogP contribution is -2.31. The third-order valence-electron chi connectivity index (χ3n) is 2.88. The molecule has 0 spiro atoms. The predicted octanol–water partition coefficient (Wildman–Crippen LogP) is 2.65. The summed E-state index contributed by atoms with van der Waals surface area (Å²) in [7, 11) is 1.61. The second kappa shape index (κ2) is 5.99. The normalized spacial score (nSPS) is 12.4. The quantitative estimate of drug-likeness (QED) is 0.875. The Morgan fingerprint density at radius 3 is 2.95 bits per heavy atom. The molecule has 1 aromatic heterocycles. The minimum atomic E-state index is -0.176. The van der Waals surface area contributed by atoms with Gasteiger partial charge in [-0.15, -0.1) is 0 Å². The van der Waals surface area contributed by atoms with Crippen LogP contribution < -0.4 is 5.32 Å². The Balaban J connectivity index is 2.31. The molecule has 0 bridgehead atoms. The van der Waals surface area contributed by atoms with E-state index in [1.54, 1.807) is 13.2 Å². The number of rotatable bonds is 4. The lowest BCUT2D eigenvalue weighted by Gasteiger charge is -2.12. The maximum absolute atomic E-state index is 12.2. The van der Waals surface area contributed by atoms with Crippen molar-refractivity contribution in [1.29, 1.82) is 0 Å². The largest absolute Gasteiger partial charge is 0.380 e. The smallest absolute Gasteiger partial charge is 0.252 e. The molecule has 2 rings (SSSR count). The Bertz CT molecular complexity index is 601. The number of amides is 1. The van der Waals surface area contributed by atoms with E-state index in [4.69, 9.17) is 16.3 Å². The van der Waals surface area contributed by atoms with Gasteiger partial charge in [-0.3, -0.25) is 4.79 Å². The minimum absolute atomic E-state index is 0.0347. The van der Waals surface area contributed by atoms with Crippen molar-refractivity contribution in [3.8, 4) is 0 Å². The van der Waals surface area contributed by atoms with Crippen LogP contribution in [0.5, 0.6) is 0 Å². The molecule has 1 heterocycles. The number of carbonyl (C=O) groups is 1. The summed E-state index contributed by atoms with van der Waals surface area (Å²) in [6.07, 6.45) is -0.0347. The molecular weight excluding hydrogens is 264 g/mol. The van der Waals surface area contributed by atoms with Gasteiger partial charge in [0.1, 0.15) is 5.15 Å². The number of fused-ring (bicyclic) bond motifs is 1. The van der Waals surface area contributed by atoms with Gasteiger partial charge < -0.3 is 10.1 Å². The maximum Gasteiger partial charge on any atom is 0.252 e. The second-order valence-corrected chi connectivity index (χ2v) is 4.65. The van der Waals surface area contributed by atoms with Crippen molar-refractivity contribution in [3.05, 3.63) is 41.0 Å². The number of benzene rings is 1. The number of methoxy groups -OCH3 is 1. The highest BCUT2D eigenvalue weighted by molar-refractivity contribution is 6.30. The molecule has 19 heavy (non-hydrogen) atoms. The SMILES string of the molecule is COC(C)CNC(=O)c1cc(Cl)nc2ccccc12. The van der Waals surface area contributed by atoms with Crippen molar-refractivity contribution in [3.63, 3.8) is 0 Å². The van der Waals surface area contributed by atoms with Crippen molar-refractivity contribution in [2.24, 2.45) is 0 Å². The fraction of sp³-hybridized carbons (Fsp3) is 0.286. The predicted molar refractivity (Wildman–Crippen MR) is 75.6 cm³/mol. The zero-order valence-electron chi connectivity index (χ0n) is 10.8. The standard InChI is InChI=1S/C14H15ClN2O2/c1-9(19-2)8-16-14(18)11-7-13(15)17-12-6-4-3-5-10(11)12/h3-7,9H,8H2,1-2H3,(H,16,18). The van der Waals surface area contributed by atoms with Crippen LogP contribution >= 0.6 is 11.6 Å². The van der Waals surface area contributed by atoms with Crippen LogP contribution in [0, 0.1) is 0 Å². The molecule has 0 aliphatic rings. The van der Waals surface area contributed by atoms with Crippen LogP contribution in [-0.2, 0) is 4.74 Å². The third kappa shape index (κ3) is 3.22. The number of hydrogen-bond donors (Lipinski definition) is 1. The Morgan fingerprint density at radius 1 is 1.47 bits per heavy atom. The molecular formula is C14H15ClN2O2. The van der Waals surface area contributed by atoms with Crippen LogP contribution in [0.3, 0.4) is 0 Å². The molecule has 4 nitrogen and oxygen atoms in total. The van der Waals surface area contributed by atoms with Gasteiger partial charge in [0, 0.05) is 19.0 Å². The highest BCUT2D eigenvalue weighted by atomic mass is 35.5. The molecule has 1 N–H and O–H groups in total. The van der Waals surface area contributed by atoms with Gasteiger partial charge in [0.05, 0.1) is 17.2 Å². The monoisotopic (exact) mass is 278 g/mol.